The number of hydrogen-bond acceptors (Lipinski definition) is 6. The first-order valence-corrected chi connectivity index (χ1v) is 9.14. The number of aromatic hydroxyl groups is 1. The Labute approximate surface area is 170 Å². The molecule has 0 aliphatic carbocycles. The SMILES string of the molecule is CNC(=O)c1nn(CC(C)(C)N2CC(C)(C(F)(F)F)c3cccnc32)cc(O)c1=O. The predicted molar refractivity (Wildman–Crippen MR) is 103 cm³/mol. The monoisotopic (exact) mass is 425 g/mol. The standard InChI is InChI=1S/C19H22F3N5O3/c1-17(2,9-26-8-12(28)14(29)13(25-26)16(30)23-4)27-10-18(3,19(20,21)22)11-6-5-7-24-15(11)27/h5-8,28H,9-10H2,1-4H3,(H,23,30). The van der Waals surface area contributed by atoms with Gasteiger partial charge in [0.15, 0.2) is 11.4 Å². The second-order valence-corrected chi connectivity index (χ2v) is 8.07. The van der Waals surface area contributed by atoms with Crippen LogP contribution in [-0.4, -0.2) is 51.1 Å². The lowest BCUT2D eigenvalue weighted by Gasteiger charge is -2.39. The summed E-state index contributed by atoms with van der Waals surface area (Å²) in [6.45, 7) is 4.16. The number of nitrogens with zero attached hydrogens (tertiary/aromatic N) is 4. The molecule has 8 nitrogen and oxygen atoms in total. The Morgan fingerprint density at radius 1 is 1.37 bits per heavy atom. The Hall–Kier alpha value is -3.11. The van der Waals surface area contributed by atoms with Gasteiger partial charge in [-0.15, -0.1) is 0 Å². The van der Waals surface area contributed by atoms with E-state index in [1.807, 2.05) is 0 Å². The number of halogens is 3. The Bertz CT molecular complexity index is 1050. The molecule has 1 aliphatic heterocycles. The Balaban J connectivity index is 2.02. The van der Waals surface area contributed by atoms with E-state index < -0.39 is 39.9 Å². The van der Waals surface area contributed by atoms with Gasteiger partial charge in [0.2, 0.25) is 0 Å². The van der Waals surface area contributed by atoms with E-state index in [0.717, 1.165) is 13.1 Å². The summed E-state index contributed by atoms with van der Waals surface area (Å²) < 4.78 is 42.9. The van der Waals surface area contributed by atoms with Crippen LogP contribution < -0.4 is 15.6 Å². The number of fused-ring (bicyclic) bond motifs is 1. The number of pyridine rings is 1. The van der Waals surface area contributed by atoms with Crippen LogP contribution in [0, 0.1) is 0 Å². The summed E-state index contributed by atoms with van der Waals surface area (Å²) in [5.41, 5.74) is -4.43. The number of nitrogens with one attached hydrogen (secondary N) is 1. The Kier molecular flexibility index (Phi) is 5.03. The smallest absolute Gasteiger partial charge is 0.400 e. The van der Waals surface area contributed by atoms with Crippen LogP contribution in [0.15, 0.2) is 29.3 Å². The molecule has 0 saturated carbocycles. The van der Waals surface area contributed by atoms with Crippen molar-refractivity contribution in [1.82, 2.24) is 20.1 Å². The van der Waals surface area contributed by atoms with Gasteiger partial charge in [-0.25, -0.2) is 4.98 Å². The van der Waals surface area contributed by atoms with E-state index in [0.29, 0.717) is 0 Å². The van der Waals surface area contributed by atoms with Gasteiger partial charge in [-0.2, -0.15) is 18.3 Å². The van der Waals surface area contributed by atoms with Gasteiger partial charge in [0.1, 0.15) is 11.2 Å². The topological polar surface area (TPSA) is 100 Å². The highest BCUT2D eigenvalue weighted by Gasteiger charge is 2.59. The Morgan fingerprint density at radius 2 is 2.03 bits per heavy atom. The van der Waals surface area contributed by atoms with Gasteiger partial charge in [-0.3, -0.25) is 14.3 Å². The molecule has 3 heterocycles. The van der Waals surface area contributed by atoms with Crippen molar-refractivity contribution in [3.8, 4) is 5.75 Å². The van der Waals surface area contributed by atoms with Crippen LogP contribution in [0.5, 0.6) is 5.75 Å². The van der Waals surface area contributed by atoms with Gasteiger partial charge >= 0.3 is 6.18 Å². The molecule has 0 saturated heterocycles. The van der Waals surface area contributed by atoms with Gasteiger partial charge in [0.05, 0.1) is 18.3 Å². The normalized spacial score (nSPS) is 19.0. The molecule has 1 aliphatic rings. The zero-order valence-electron chi connectivity index (χ0n) is 16.9. The molecule has 2 N–H and O–H groups in total. The third-order valence-corrected chi connectivity index (χ3v) is 5.41. The molecule has 0 fully saturated rings. The zero-order chi connectivity index (χ0) is 22.5. The summed E-state index contributed by atoms with van der Waals surface area (Å²) in [5.74, 6) is -1.25. The quantitative estimate of drug-likeness (QED) is 0.775. The van der Waals surface area contributed by atoms with E-state index in [9.17, 15) is 27.9 Å². The number of aromatic nitrogens is 3. The Morgan fingerprint density at radius 3 is 2.63 bits per heavy atom. The number of hydrogen-bond donors (Lipinski definition) is 2. The summed E-state index contributed by atoms with van der Waals surface area (Å²) in [7, 11) is 1.31. The third-order valence-electron chi connectivity index (χ3n) is 5.41. The van der Waals surface area contributed by atoms with Crippen molar-refractivity contribution in [2.75, 3.05) is 18.5 Å². The summed E-state index contributed by atoms with van der Waals surface area (Å²) in [6.07, 6.45) is -2.01. The van der Waals surface area contributed by atoms with Crippen LogP contribution in [0.25, 0.3) is 0 Å². The first-order valence-electron chi connectivity index (χ1n) is 9.14. The summed E-state index contributed by atoms with van der Waals surface area (Å²) in [4.78, 5) is 29.6. The van der Waals surface area contributed by atoms with Gasteiger partial charge in [0, 0.05) is 25.4 Å². The molecule has 1 atom stereocenters. The highest BCUT2D eigenvalue weighted by Crippen LogP contribution is 2.51. The lowest BCUT2D eigenvalue weighted by atomic mass is 9.84. The summed E-state index contributed by atoms with van der Waals surface area (Å²) >= 11 is 0. The first-order chi connectivity index (χ1) is 13.8. The third kappa shape index (κ3) is 3.37. The van der Waals surface area contributed by atoms with Crippen LogP contribution in [0.3, 0.4) is 0 Å². The maximum Gasteiger partial charge on any atom is 0.400 e. The molecule has 162 valence electrons. The van der Waals surface area contributed by atoms with Crippen molar-refractivity contribution in [1.29, 1.82) is 0 Å². The average Bonchev–Trinajstić information content (AvgIpc) is 2.99. The molecule has 0 spiro atoms. The zero-order valence-corrected chi connectivity index (χ0v) is 16.9. The fourth-order valence-corrected chi connectivity index (χ4v) is 3.62. The second-order valence-electron chi connectivity index (χ2n) is 8.07. The van der Waals surface area contributed by atoms with Crippen LogP contribution in [0.2, 0.25) is 0 Å². The van der Waals surface area contributed by atoms with E-state index in [-0.39, 0.29) is 24.5 Å². The molecule has 2 aromatic heterocycles. The van der Waals surface area contributed by atoms with Gasteiger partial charge < -0.3 is 15.3 Å². The van der Waals surface area contributed by atoms with Crippen molar-refractivity contribution in [2.24, 2.45) is 0 Å². The van der Waals surface area contributed by atoms with E-state index in [1.54, 1.807) is 13.8 Å². The fourth-order valence-electron chi connectivity index (χ4n) is 3.62. The van der Waals surface area contributed by atoms with Crippen LogP contribution in [0.1, 0.15) is 36.8 Å². The van der Waals surface area contributed by atoms with Gasteiger partial charge in [-0.05, 0) is 26.8 Å². The van der Waals surface area contributed by atoms with Crippen molar-refractivity contribution in [3.63, 3.8) is 0 Å². The average molecular weight is 425 g/mol. The number of amides is 1. The lowest BCUT2D eigenvalue weighted by molar-refractivity contribution is -0.181. The minimum absolute atomic E-state index is 0.0191. The number of carbonyl (C=O) groups is 1. The van der Waals surface area contributed by atoms with Crippen molar-refractivity contribution in [2.45, 2.75) is 44.4 Å². The van der Waals surface area contributed by atoms with Crippen molar-refractivity contribution >= 4 is 11.7 Å². The molecule has 1 unspecified atom stereocenters. The van der Waals surface area contributed by atoms with Crippen molar-refractivity contribution in [3.05, 3.63) is 46.0 Å². The highest BCUT2D eigenvalue weighted by molar-refractivity contribution is 5.92. The van der Waals surface area contributed by atoms with E-state index >= 15 is 0 Å². The molecule has 0 radical (unpaired) electrons. The number of anilines is 1. The van der Waals surface area contributed by atoms with Crippen LogP contribution >= 0.6 is 0 Å². The van der Waals surface area contributed by atoms with Crippen molar-refractivity contribution < 1.29 is 23.1 Å². The summed E-state index contributed by atoms with van der Waals surface area (Å²) in [6, 6.07) is 2.88. The molecule has 0 bridgehead atoms. The molecule has 0 aromatic carbocycles. The molecular formula is C19H22F3N5O3. The fraction of sp³-hybridized carbons (Fsp3) is 0.474. The maximum atomic E-state index is 13.9. The molecule has 2 aromatic rings. The lowest BCUT2D eigenvalue weighted by Crippen LogP contribution is -2.52. The molecule has 30 heavy (non-hydrogen) atoms. The molecule has 1 amide bonds. The first kappa shape index (κ1) is 21.6. The van der Waals surface area contributed by atoms with Gasteiger partial charge in [-0.1, -0.05) is 6.07 Å². The number of carbonyl (C=O) groups excluding carboxylic acids is 1. The van der Waals surface area contributed by atoms with E-state index in [1.165, 1.54) is 35.0 Å². The van der Waals surface area contributed by atoms with E-state index in [4.69, 9.17) is 0 Å². The van der Waals surface area contributed by atoms with Crippen LogP contribution in [0.4, 0.5) is 19.0 Å². The number of rotatable bonds is 4. The second kappa shape index (κ2) is 6.99. The predicted octanol–water partition coefficient (Wildman–Crippen LogP) is 1.82. The van der Waals surface area contributed by atoms with Gasteiger partial charge in [0.25, 0.3) is 11.3 Å². The largest absolute Gasteiger partial charge is 0.503 e. The minimum atomic E-state index is -4.49. The number of alkyl halides is 3. The maximum absolute atomic E-state index is 13.9. The minimum Gasteiger partial charge on any atom is -0.503 e. The summed E-state index contributed by atoms with van der Waals surface area (Å²) in [5, 5.41) is 16.1. The highest BCUT2D eigenvalue weighted by atomic mass is 19.4. The van der Waals surface area contributed by atoms with E-state index in [2.05, 4.69) is 15.4 Å². The van der Waals surface area contributed by atoms with Crippen LogP contribution in [-0.2, 0) is 12.0 Å². The molecule has 11 heteroatoms. The molecular weight excluding hydrogens is 403 g/mol. The molecule has 3 rings (SSSR count).